The minimum atomic E-state index is -1.00. The van der Waals surface area contributed by atoms with Crippen LogP contribution in [-0.2, 0) is 6.54 Å². The van der Waals surface area contributed by atoms with Gasteiger partial charge in [-0.2, -0.15) is 0 Å². The molecule has 2 amide bonds. The zero-order valence-electron chi connectivity index (χ0n) is 23.1. The lowest BCUT2D eigenvalue weighted by atomic mass is 9.96. The van der Waals surface area contributed by atoms with Crippen LogP contribution in [0.3, 0.4) is 0 Å². The highest BCUT2D eigenvalue weighted by Crippen LogP contribution is 2.38. The second-order valence-corrected chi connectivity index (χ2v) is 10.6. The van der Waals surface area contributed by atoms with E-state index >= 15 is 0 Å². The van der Waals surface area contributed by atoms with Gasteiger partial charge in [0.05, 0.1) is 24.3 Å². The maximum absolute atomic E-state index is 13.7. The molecule has 3 heterocycles. The molecule has 2 aromatic heterocycles. The molecule has 0 spiro atoms. The summed E-state index contributed by atoms with van der Waals surface area (Å²) in [6.45, 7) is 6.75. The molecule has 1 aliphatic heterocycles. The van der Waals surface area contributed by atoms with Crippen molar-refractivity contribution in [2.45, 2.75) is 39.9 Å². The van der Waals surface area contributed by atoms with Crippen LogP contribution in [0.1, 0.15) is 51.1 Å². The van der Waals surface area contributed by atoms with Gasteiger partial charge < -0.3 is 19.3 Å². The summed E-state index contributed by atoms with van der Waals surface area (Å²) < 4.78 is 34.8. The number of likely N-dealkylation sites (tertiary alicyclic amines) is 1. The van der Waals surface area contributed by atoms with E-state index in [1.807, 2.05) is 39.0 Å². The first-order chi connectivity index (χ1) is 19.7. The van der Waals surface area contributed by atoms with Crippen LogP contribution >= 0.6 is 0 Å². The first kappa shape index (κ1) is 26.7. The number of halogens is 2. The number of nitrogens with zero attached hydrogens (tertiary/aromatic N) is 3. The second kappa shape index (κ2) is 10.5. The number of alkyl halides is 1. The van der Waals surface area contributed by atoms with E-state index in [0.29, 0.717) is 41.1 Å². The summed E-state index contributed by atoms with van der Waals surface area (Å²) in [5.74, 6) is -0.164. The van der Waals surface area contributed by atoms with Gasteiger partial charge >= 0.3 is 0 Å². The largest absolute Gasteiger partial charge is 0.361 e. The molecule has 1 N–H and O–H groups in total. The van der Waals surface area contributed by atoms with E-state index in [1.165, 1.54) is 17.0 Å². The quantitative estimate of drug-likeness (QED) is 0.259. The second-order valence-electron chi connectivity index (χ2n) is 10.6. The maximum Gasteiger partial charge on any atom is 0.254 e. The lowest BCUT2D eigenvalue weighted by Gasteiger charge is -2.34. The molecule has 7 nitrogen and oxygen atoms in total. The zero-order valence-corrected chi connectivity index (χ0v) is 23.1. The summed E-state index contributed by atoms with van der Waals surface area (Å²) in [5.41, 5.74) is 5.66. The standard InChI is InChI=1S/C32H30F2N4O3/c1-4-11-35-31(39)26-13-22(29-18(2)36-41-19(29)3)14-28-30(26)25-12-21(32(40)37-16-24(34)17-37)7-10-27(25)38(28)15-20-5-8-23(33)9-6-20/h5-10,12-14,24H,4,11,15-17H2,1-3H3,(H,35,39). The van der Waals surface area contributed by atoms with E-state index in [-0.39, 0.29) is 30.7 Å². The van der Waals surface area contributed by atoms with Gasteiger partial charge in [-0.15, -0.1) is 0 Å². The van der Waals surface area contributed by atoms with Gasteiger partial charge in [-0.25, -0.2) is 8.78 Å². The number of amides is 2. The molecular weight excluding hydrogens is 526 g/mol. The lowest BCUT2D eigenvalue weighted by molar-refractivity contribution is 0.0400. The number of aromatic nitrogens is 2. The van der Waals surface area contributed by atoms with Crippen molar-refractivity contribution in [1.82, 2.24) is 19.9 Å². The Morgan fingerprint density at radius 1 is 1.05 bits per heavy atom. The third-order valence-corrected chi connectivity index (χ3v) is 7.69. The molecular formula is C32H30F2N4O3. The van der Waals surface area contributed by atoms with Gasteiger partial charge in [0.1, 0.15) is 17.7 Å². The highest BCUT2D eigenvalue weighted by atomic mass is 19.1. The predicted octanol–water partition coefficient (Wildman–Crippen LogP) is 6.19. The molecule has 0 aliphatic carbocycles. The van der Waals surface area contributed by atoms with E-state index in [4.69, 9.17) is 4.52 Å². The molecule has 0 radical (unpaired) electrons. The van der Waals surface area contributed by atoms with Crippen LogP contribution in [0, 0.1) is 19.7 Å². The van der Waals surface area contributed by atoms with Crippen molar-refractivity contribution in [3.8, 4) is 11.1 Å². The molecule has 1 fully saturated rings. The average Bonchev–Trinajstić information content (AvgIpc) is 3.45. The van der Waals surface area contributed by atoms with Crippen molar-refractivity contribution >= 4 is 33.6 Å². The molecule has 0 saturated carbocycles. The van der Waals surface area contributed by atoms with Crippen molar-refractivity contribution in [3.63, 3.8) is 0 Å². The average molecular weight is 557 g/mol. The van der Waals surface area contributed by atoms with Crippen molar-refractivity contribution < 1.29 is 22.9 Å². The summed E-state index contributed by atoms with van der Waals surface area (Å²) >= 11 is 0. The van der Waals surface area contributed by atoms with Crippen molar-refractivity contribution in [2.24, 2.45) is 0 Å². The minimum Gasteiger partial charge on any atom is -0.361 e. The third-order valence-electron chi connectivity index (χ3n) is 7.69. The molecule has 9 heteroatoms. The fraction of sp³-hybridized carbons (Fsp3) is 0.281. The zero-order chi connectivity index (χ0) is 28.8. The first-order valence-corrected chi connectivity index (χ1v) is 13.7. The number of aryl methyl sites for hydroxylation is 2. The summed E-state index contributed by atoms with van der Waals surface area (Å²) in [7, 11) is 0. The Bertz CT molecular complexity index is 1780. The number of carbonyl (C=O) groups is 2. The maximum atomic E-state index is 13.7. The van der Waals surface area contributed by atoms with Crippen molar-refractivity contribution in [2.75, 3.05) is 19.6 Å². The van der Waals surface area contributed by atoms with Gasteiger partial charge in [0, 0.05) is 46.1 Å². The molecule has 0 atom stereocenters. The summed E-state index contributed by atoms with van der Waals surface area (Å²) in [4.78, 5) is 28.3. The van der Waals surface area contributed by atoms with Crippen LogP contribution in [0.4, 0.5) is 8.78 Å². The van der Waals surface area contributed by atoms with Crippen LogP contribution in [-0.4, -0.2) is 52.2 Å². The van der Waals surface area contributed by atoms with E-state index in [0.717, 1.165) is 39.5 Å². The molecule has 1 saturated heterocycles. The van der Waals surface area contributed by atoms with Gasteiger partial charge in [0.2, 0.25) is 0 Å². The van der Waals surface area contributed by atoms with E-state index < -0.39 is 6.17 Å². The molecule has 6 rings (SSSR count). The number of hydrogen-bond acceptors (Lipinski definition) is 4. The van der Waals surface area contributed by atoms with Gasteiger partial charge in [0.15, 0.2) is 0 Å². The predicted molar refractivity (Wildman–Crippen MR) is 153 cm³/mol. The molecule has 0 bridgehead atoms. The smallest absolute Gasteiger partial charge is 0.254 e. The highest BCUT2D eigenvalue weighted by molar-refractivity contribution is 6.20. The Balaban J connectivity index is 1.63. The highest BCUT2D eigenvalue weighted by Gasteiger charge is 2.31. The van der Waals surface area contributed by atoms with Gasteiger partial charge in [-0.1, -0.05) is 24.2 Å². The van der Waals surface area contributed by atoms with Gasteiger partial charge in [-0.3, -0.25) is 9.59 Å². The van der Waals surface area contributed by atoms with Crippen LogP contribution in [0.25, 0.3) is 32.9 Å². The van der Waals surface area contributed by atoms with E-state index in [2.05, 4.69) is 15.0 Å². The fourth-order valence-electron chi connectivity index (χ4n) is 5.63. The number of nitrogens with one attached hydrogen (secondary N) is 1. The Morgan fingerprint density at radius 3 is 2.46 bits per heavy atom. The topological polar surface area (TPSA) is 80.4 Å². The molecule has 1 aliphatic rings. The molecule has 210 valence electrons. The van der Waals surface area contributed by atoms with Crippen molar-refractivity contribution in [1.29, 1.82) is 0 Å². The summed E-state index contributed by atoms with van der Waals surface area (Å²) in [5, 5.41) is 8.56. The molecule has 5 aromatic rings. The van der Waals surface area contributed by atoms with Gasteiger partial charge in [0.25, 0.3) is 11.8 Å². The van der Waals surface area contributed by atoms with E-state index in [1.54, 1.807) is 24.3 Å². The molecule has 0 unspecified atom stereocenters. The molecule has 41 heavy (non-hydrogen) atoms. The Kier molecular flexibility index (Phi) is 6.81. The number of benzene rings is 3. The molecule has 3 aromatic carbocycles. The summed E-state index contributed by atoms with van der Waals surface area (Å²) in [6.07, 6.45) is -0.230. The van der Waals surface area contributed by atoms with Crippen LogP contribution < -0.4 is 5.32 Å². The van der Waals surface area contributed by atoms with Crippen molar-refractivity contribution in [3.05, 3.63) is 88.6 Å². The number of carbonyl (C=O) groups excluding carboxylic acids is 2. The van der Waals surface area contributed by atoms with Crippen LogP contribution in [0.15, 0.2) is 59.1 Å². The first-order valence-electron chi connectivity index (χ1n) is 13.7. The number of fused-ring (bicyclic) bond motifs is 3. The number of rotatable bonds is 7. The normalized spacial score (nSPS) is 13.6. The van der Waals surface area contributed by atoms with Gasteiger partial charge in [-0.05, 0) is 73.9 Å². The lowest BCUT2D eigenvalue weighted by Crippen LogP contribution is -2.51. The third kappa shape index (κ3) is 4.75. The Labute approximate surface area is 235 Å². The summed E-state index contributed by atoms with van der Waals surface area (Å²) in [6, 6.07) is 15.5. The van der Waals surface area contributed by atoms with E-state index in [9.17, 15) is 18.4 Å². The fourth-order valence-corrected chi connectivity index (χ4v) is 5.63. The Morgan fingerprint density at radius 2 is 1.80 bits per heavy atom. The Hall–Kier alpha value is -4.53. The minimum absolute atomic E-state index is 0.0780. The SMILES string of the molecule is CCCNC(=O)c1cc(-c2c(C)noc2C)cc2c1c1cc(C(=O)N3CC(F)C3)ccc1n2Cc1ccc(F)cc1. The van der Waals surface area contributed by atoms with Crippen LogP contribution in [0.2, 0.25) is 0 Å². The monoisotopic (exact) mass is 556 g/mol. The van der Waals surface area contributed by atoms with Crippen LogP contribution in [0.5, 0.6) is 0 Å². The number of hydrogen-bond donors (Lipinski definition) is 1.